The van der Waals surface area contributed by atoms with Crippen molar-refractivity contribution in [1.29, 1.82) is 0 Å². The van der Waals surface area contributed by atoms with Crippen LogP contribution in [0.5, 0.6) is 0 Å². The van der Waals surface area contributed by atoms with E-state index in [0.29, 0.717) is 18.2 Å². The second kappa shape index (κ2) is 7.24. The Balaban J connectivity index is 1.70. The first-order valence-electron chi connectivity index (χ1n) is 8.05. The summed E-state index contributed by atoms with van der Waals surface area (Å²) in [7, 11) is 0. The van der Waals surface area contributed by atoms with Crippen LogP contribution in [0.15, 0.2) is 48.7 Å². The Hall–Kier alpha value is -2.40. The zero-order chi connectivity index (χ0) is 16.1. The lowest BCUT2D eigenvalue weighted by Crippen LogP contribution is -2.46. The summed E-state index contributed by atoms with van der Waals surface area (Å²) in [6.45, 7) is 5.23. The van der Waals surface area contributed by atoms with Gasteiger partial charge in [0.2, 0.25) is 0 Å². The molecule has 1 atom stereocenters. The highest BCUT2D eigenvalue weighted by molar-refractivity contribution is 5.94. The van der Waals surface area contributed by atoms with Crippen molar-refractivity contribution in [2.45, 2.75) is 13.0 Å². The van der Waals surface area contributed by atoms with Gasteiger partial charge in [0.25, 0.3) is 5.91 Å². The van der Waals surface area contributed by atoms with Crippen LogP contribution in [0.25, 0.3) is 0 Å². The molecule has 3 rings (SSSR count). The summed E-state index contributed by atoms with van der Waals surface area (Å²) >= 11 is 0. The van der Waals surface area contributed by atoms with E-state index in [1.54, 1.807) is 6.20 Å². The van der Waals surface area contributed by atoms with Gasteiger partial charge in [-0.25, -0.2) is 4.98 Å². The first-order chi connectivity index (χ1) is 11.3. The van der Waals surface area contributed by atoms with E-state index in [9.17, 15) is 4.79 Å². The number of hydrogen-bond acceptors (Lipinski definition) is 4. The van der Waals surface area contributed by atoms with Crippen molar-refractivity contribution in [2.75, 3.05) is 31.1 Å². The molecule has 1 amide bonds. The van der Waals surface area contributed by atoms with Gasteiger partial charge < -0.3 is 15.5 Å². The van der Waals surface area contributed by atoms with Crippen molar-refractivity contribution in [3.63, 3.8) is 0 Å². The van der Waals surface area contributed by atoms with Crippen molar-refractivity contribution >= 4 is 11.7 Å². The maximum atomic E-state index is 11.8. The Labute approximate surface area is 136 Å². The maximum Gasteiger partial charge on any atom is 0.252 e. The second-order valence-electron chi connectivity index (χ2n) is 5.63. The van der Waals surface area contributed by atoms with Crippen LogP contribution in [0.1, 0.15) is 28.9 Å². The Kier molecular flexibility index (Phi) is 4.88. The lowest BCUT2D eigenvalue weighted by molar-refractivity contribution is 0.0955. The molecule has 0 unspecified atom stereocenters. The molecule has 5 heteroatoms. The third kappa shape index (κ3) is 3.68. The molecule has 5 nitrogen and oxygen atoms in total. The Bertz CT molecular complexity index is 642. The van der Waals surface area contributed by atoms with Crippen molar-refractivity contribution in [3.05, 3.63) is 59.8 Å². The molecule has 1 aromatic heterocycles. The van der Waals surface area contributed by atoms with Crippen molar-refractivity contribution in [1.82, 2.24) is 15.6 Å². The molecule has 120 valence electrons. The maximum absolute atomic E-state index is 11.8. The van der Waals surface area contributed by atoms with E-state index in [1.807, 2.05) is 25.1 Å². The molecule has 0 bridgehead atoms. The van der Waals surface area contributed by atoms with E-state index in [0.717, 1.165) is 25.5 Å². The first kappa shape index (κ1) is 15.5. The normalized spacial score (nSPS) is 17.8. The van der Waals surface area contributed by atoms with Gasteiger partial charge in [0.1, 0.15) is 5.82 Å². The topological polar surface area (TPSA) is 57.3 Å². The van der Waals surface area contributed by atoms with E-state index >= 15 is 0 Å². The molecule has 0 saturated carbocycles. The number of pyridine rings is 1. The van der Waals surface area contributed by atoms with Gasteiger partial charge in [-0.1, -0.05) is 30.3 Å². The number of carbonyl (C=O) groups is 1. The van der Waals surface area contributed by atoms with E-state index in [1.165, 1.54) is 5.56 Å². The number of carbonyl (C=O) groups excluding carboxylic acids is 1. The van der Waals surface area contributed by atoms with Gasteiger partial charge in [-0.3, -0.25) is 4.79 Å². The quantitative estimate of drug-likeness (QED) is 0.907. The fourth-order valence-electron chi connectivity index (χ4n) is 2.84. The smallest absolute Gasteiger partial charge is 0.252 e. The number of nitrogens with zero attached hydrogens (tertiary/aromatic N) is 2. The zero-order valence-corrected chi connectivity index (χ0v) is 13.3. The molecule has 1 fully saturated rings. The summed E-state index contributed by atoms with van der Waals surface area (Å²) in [5.41, 5.74) is 1.89. The minimum atomic E-state index is -0.0750. The van der Waals surface area contributed by atoms with Gasteiger partial charge in [-0.05, 0) is 24.6 Å². The SMILES string of the molecule is CCNC(=O)c1ccc(N2CCN[C@H](c3ccccc3)C2)nc1. The molecule has 0 spiro atoms. The van der Waals surface area contributed by atoms with Crippen LogP contribution in [0.3, 0.4) is 0 Å². The summed E-state index contributed by atoms with van der Waals surface area (Å²) in [5, 5.41) is 6.33. The van der Waals surface area contributed by atoms with Crippen LogP contribution in [-0.4, -0.2) is 37.1 Å². The summed E-state index contributed by atoms with van der Waals surface area (Å²) < 4.78 is 0. The second-order valence-corrected chi connectivity index (χ2v) is 5.63. The minimum Gasteiger partial charge on any atom is -0.353 e. The van der Waals surface area contributed by atoms with Gasteiger partial charge in [-0.2, -0.15) is 0 Å². The van der Waals surface area contributed by atoms with Crippen LogP contribution >= 0.6 is 0 Å². The van der Waals surface area contributed by atoms with E-state index in [-0.39, 0.29) is 5.91 Å². The summed E-state index contributed by atoms with van der Waals surface area (Å²) in [5.74, 6) is 0.842. The molecule has 2 aromatic rings. The van der Waals surface area contributed by atoms with Crippen LogP contribution in [-0.2, 0) is 0 Å². The number of anilines is 1. The van der Waals surface area contributed by atoms with Gasteiger partial charge in [0, 0.05) is 38.4 Å². The Morgan fingerprint density at radius 3 is 2.83 bits per heavy atom. The average molecular weight is 310 g/mol. The minimum absolute atomic E-state index is 0.0750. The Morgan fingerprint density at radius 2 is 2.13 bits per heavy atom. The monoisotopic (exact) mass is 310 g/mol. The third-order valence-corrected chi connectivity index (χ3v) is 4.05. The molecule has 1 saturated heterocycles. The number of hydrogen-bond donors (Lipinski definition) is 2. The van der Waals surface area contributed by atoms with Crippen molar-refractivity contribution < 1.29 is 4.79 Å². The van der Waals surface area contributed by atoms with E-state index in [2.05, 4.69) is 44.8 Å². The predicted octanol–water partition coefficient (Wildman–Crippen LogP) is 1.98. The molecule has 1 aromatic carbocycles. The highest BCUT2D eigenvalue weighted by atomic mass is 16.1. The molecule has 1 aliphatic heterocycles. The van der Waals surface area contributed by atoms with Gasteiger partial charge in [0.15, 0.2) is 0 Å². The molecule has 0 radical (unpaired) electrons. The van der Waals surface area contributed by atoms with Gasteiger partial charge >= 0.3 is 0 Å². The fourth-order valence-corrected chi connectivity index (χ4v) is 2.84. The van der Waals surface area contributed by atoms with E-state index in [4.69, 9.17) is 0 Å². The third-order valence-electron chi connectivity index (χ3n) is 4.05. The lowest BCUT2D eigenvalue weighted by atomic mass is 10.0. The van der Waals surface area contributed by atoms with Crippen molar-refractivity contribution in [3.8, 4) is 0 Å². The fraction of sp³-hybridized carbons (Fsp3) is 0.333. The van der Waals surface area contributed by atoms with Crippen LogP contribution in [0, 0.1) is 0 Å². The van der Waals surface area contributed by atoms with E-state index < -0.39 is 0 Å². The molecule has 2 N–H and O–H groups in total. The summed E-state index contributed by atoms with van der Waals surface area (Å²) in [6, 6.07) is 14.5. The highest BCUT2D eigenvalue weighted by Crippen LogP contribution is 2.21. The van der Waals surface area contributed by atoms with Crippen molar-refractivity contribution in [2.24, 2.45) is 0 Å². The van der Waals surface area contributed by atoms with Crippen LogP contribution in [0.4, 0.5) is 5.82 Å². The Morgan fingerprint density at radius 1 is 1.30 bits per heavy atom. The molecular weight excluding hydrogens is 288 g/mol. The summed E-state index contributed by atoms with van der Waals surface area (Å²) in [6.07, 6.45) is 1.65. The number of rotatable bonds is 4. The van der Waals surface area contributed by atoms with Gasteiger partial charge in [0.05, 0.1) is 5.56 Å². The molecule has 1 aliphatic rings. The highest BCUT2D eigenvalue weighted by Gasteiger charge is 2.21. The molecule has 0 aliphatic carbocycles. The number of aromatic nitrogens is 1. The lowest BCUT2D eigenvalue weighted by Gasteiger charge is -2.34. The largest absolute Gasteiger partial charge is 0.353 e. The van der Waals surface area contributed by atoms with Crippen LogP contribution in [0.2, 0.25) is 0 Å². The number of nitrogens with one attached hydrogen (secondary N) is 2. The summed E-state index contributed by atoms with van der Waals surface area (Å²) in [4.78, 5) is 18.5. The number of benzene rings is 1. The zero-order valence-electron chi connectivity index (χ0n) is 13.3. The first-order valence-corrected chi connectivity index (χ1v) is 8.05. The average Bonchev–Trinajstić information content (AvgIpc) is 2.63. The predicted molar refractivity (Wildman–Crippen MR) is 91.6 cm³/mol. The van der Waals surface area contributed by atoms with Crippen LogP contribution < -0.4 is 15.5 Å². The number of amides is 1. The van der Waals surface area contributed by atoms with Gasteiger partial charge in [-0.15, -0.1) is 0 Å². The molecule has 2 heterocycles. The number of piperazine rings is 1. The molecular formula is C18H22N4O. The standard InChI is InChI=1S/C18H22N4O/c1-2-19-18(23)15-8-9-17(21-12-15)22-11-10-20-16(13-22)14-6-4-3-5-7-14/h3-9,12,16,20H,2,10-11,13H2,1H3,(H,19,23)/t16-/m0/s1. The molecule has 23 heavy (non-hydrogen) atoms.